The highest BCUT2D eigenvalue weighted by Gasteiger charge is 2.34. The van der Waals surface area contributed by atoms with E-state index in [2.05, 4.69) is 53.1 Å². The van der Waals surface area contributed by atoms with Crippen LogP contribution < -0.4 is 0 Å². The van der Waals surface area contributed by atoms with Crippen LogP contribution in [-0.4, -0.2) is 63.2 Å². The minimum Gasteiger partial charge on any atom is -0.304 e. The molecule has 0 N–H and O–H groups in total. The summed E-state index contributed by atoms with van der Waals surface area (Å²) in [4.78, 5) is 4.55. The van der Waals surface area contributed by atoms with Crippen molar-refractivity contribution in [2.75, 3.05) is 33.2 Å². The molecule has 0 unspecified atom stereocenters. The zero-order valence-corrected chi connectivity index (χ0v) is 14.8. The molecule has 0 amide bonds. The normalized spacial score (nSPS) is 18.7. The van der Waals surface area contributed by atoms with Crippen LogP contribution in [0.4, 0.5) is 4.39 Å². The molecule has 2 aromatic rings. The van der Waals surface area contributed by atoms with E-state index in [-0.39, 0.29) is 17.4 Å². The number of tetrazole rings is 1. The van der Waals surface area contributed by atoms with Crippen LogP contribution in [0.3, 0.4) is 0 Å². The number of halogens is 1. The molecule has 0 aliphatic carbocycles. The van der Waals surface area contributed by atoms with Crippen molar-refractivity contribution in [3.8, 4) is 0 Å². The van der Waals surface area contributed by atoms with E-state index < -0.39 is 0 Å². The molecule has 1 aromatic heterocycles. The van der Waals surface area contributed by atoms with Gasteiger partial charge in [-0.3, -0.25) is 4.90 Å². The van der Waals surface area contributed by atoms with Crippen LogP contribution in [0.1, 0.15) is 38.2 Å². The Morgan fingerprint density at radius 2 is 1.75 bits per heavy atom. The van der Waals surface area contributed by atoms with Crippen molar-refractivity contribution in [1.29, 1.82) is 0 Å². The maximum absolute atomic E-state index is 14.6. The summed E-state index contributed by atoms with van der Waals surface area (Å²) in [5, 5.41) is 12.3. The third kappa shape index (κ3) is 3.32. The Morgan fingerprint density at radius 1 is 1.08 bits per heavy atom. The van der Waals surface area contributed by atoms with Gasteiger partial charge in [-0.15, -0.1) is 5.10 Å². The van der Waals surface area contributed by atoms with Crippen LogP contribution in [0, 0.1) is 5.82 Å². The minimum absolute atomic E-state index is 0.218. The van der Waals surface area contributed by atoms with E-state index in [0.29, 0.717) is 11.4 Å². The number of piperazine rings is 1. The van der Waals surface area contributed by atoms with Crippen molar-refractivity contribution in [2.45, 2.75) is 32.4 Å². The molecule has 1 aromatic carbocycles. The van der Waals surface area contributed by atoms with Gasteiger partial charge >= 0.3 is 0 Å². The summed E-state index contributed by atoms with van der Waals surface area (Å²) < 4.78 is 16.4. The van der Waals surface area contributed by atoms with E-state index in [9.17, 15) is 4.39 Å². The van der Waals surface area contributed by atoms with E-state index in [0.717, 1.165) is 26.2 Å². The zero-order valence-electron chi connectivity index (χ0n) is 14.8. The fourth-order valence-electron chi connectivity index (χ4n) is 3.12. The van der Waals surface area contributed by atoms with Crippen molar-refractivity contribution in [3.63, 3.8) is 0 Å². The number of benzene rings is 1. The molecule has 1 atom stereocenters. The second kappa shape index (κ2) is 6.57. The first-order valence-corrected chi connectivity index (χ1v) is 8.33. The lowest BCUT2D eigenvalue weighted by molar-refractivity contribution is 0.117. The van der Waals surface area contributed by atoms with Gasteiger partial charge in [-0.05, 0) is 44.3 Å². The largest absolute Gasteiger partial charge is 0.304 e. The smallest absolute Gasteiger partial charge is 0.173 e. The zero-order chi connectivity index (χ0) is 17.3. The summed E-state index contributed by atoms with van der Waals surface area (Å²) in [5.41, 5.74) is 0.358. The lowest BCUT2D eigenvalue weighted by Crippen LogP contribution is -2.47. The van der Waals surface area contributed by atoms with Crippen LogP contribution in [-0.2, 0) is 5.54 Å². The van der Waals surface area contributed by atoms with Crippen molar-refractivity contribution >= 4 is 0 Å². The van der Waals surface area contributed by atoms with Crippen LogP contribution in [0.2, 0.25) is 0 Å². The third-order valence-electron chi connectivity index (χ3n) is 4.48. The van der Waals surface area contributed by atoms with E-state index >= 15 is 0 Å². The van der Waals surface area contributed by atoms with Gasteiger partial charge in [0.2, 0.25) is 0 Å². The number of nitrogens with zero attached hydrogens (tertiary/aromatic N) is 6. The van der Waals surface area contributed by atoms with Gasteiger partial charge in [0.1, 0.15) is 11.9 Å². The highest BCUT2D eigenvalue weighted by Crippen LogP contribution is 2.31. The molecule has 6 nitrogen and oxygen atoms in total. The van der Waals surface area contributed by atoms with Gasteiger partial charge in [-0.1, -0.05) is 18.2 Å². The van der Waals surface area contributed by atoms with Crippen LogP contribution in [0.15, 0.2) is 24.3 Å². The van der Waals surface area contributed by atoms with Crippen LogP contribution in [0.25, 0.3) is 0 Å². The lowest BCUT2D eigenvalue weighted by atomic mass is 10.0. The van der Waals surface area contributed by atoms with Crippen LogP contribution in [0.5, 0.6) is 0 Å². The summed E-state index contributed by atoms with van der Waals surface area (Å²) in [7, 11) is 2.11. The van der Waals surface area contributed by atoms with Crippen molar-refractivity contribution < 1.29 is 4.39 Å². The average molecular weight is 332 g/mol. The van der Waals surface area contributed by atoms with Crippen molar-refractivity contribution in [3.05, 3.63) is 41.5 Å². The Hall–Kier alpha value is -1.86. The number of rotatable bonds is 3. The molecule has 2 heterocycles. The molecule has 3 rings (SSSR count). The summed E-state index contributed by atoms with van der Waals surface area (Å²) in [6.45, 7) is 9.75. The SMILES string of the molecule is CN1CCN([C@@H](c2ccccc2F)c2nnnn2C(C)(C)C)CC1. The topological polar surface area (TPSA) is 50.1 Å². The van der Waals surface area contributed by atoms with Crippen LogP contribution >= 0.6 is 0 Å². The lowest BCUT2D eigenvalue weighted by Gasteiger charge is -2.38. The van der Waals surface area contributed by atoms with Gasteiger partial charge in [0.25, 0.3) is 0 Å². The standard InChI is InChI=1S/C17H25FN6/c1-17(2,3)24-16(19-20-21-24)15(13-7-5-6-8-14(13)18)23-11-9-22(4)10-12-23/h5-8,15H,9-12H2,1-4H3/t15-/m0/s1. The fraction of sp³-hybridized carbons (Fsp3) is 0.588. The van der Waals surface area contributed by atoms with Gasteiger partial charge in [0.05, 0.1) is 5.54 Å². The van der Waals surface area contributed by atoms with Gasteiger partial charge < -0.3 is 4.90 Å². The Morgan fingerprint density at radius 3 is 2.38 bits per heavy atom. The van der Waals surface area contributed by atoms with Crippen molar-refractivity contribution in [1.82, 2.24) is 30.0 Å². The second-order valence-electron chi connectivity index (χ2n) is 7.38. The van der Waals surface area contributed by atoms with E-state index in [1.54, 1.807) is 6.07 Å². The fourth-order valence-corrected chi connectivity index (χ4v) is 3.12. The first kappa shape index (κ1) is 17.0. The molecule has 0 bridgehead atoms. The predicted molar refractivity (Wildman–Crippen MR) is 90.1 cm³/mol. The molecular weight excluding hydrogens is 307 g/mol. The average Bonchev–Trinajstić information content (AvgIpc) is 3.01. The number of aromatic nitrogens is 4. The van der Waals surface area contributed by atoms with Gasteiger partial charge in [0, 0.05) is 31.7 Å². The van der Waals surface area contributed by atoms with Gasteiger partial charge in [-0.2, -0.15) is 0 Å². The van der Waals surface area contributed by atoms with E-state index in [1.165, 1.54) is 6.07 Å². The molecule has 1 aliphatic rings. The summed E-state index contributed by atoms with van der Waals surface area (Å²) >= 11 is 0. The quantitative estimate of drug-likeness (QED) is 0.859. The molecule has 1 saturated heterocycles. The molecule has 24 heavy (non-hydrogen) atoms. The highest BCUT2D eigenvalue weighted by atomic mass is 19.1. The number of hydrogen-bond donors (Lipinski definition) is 0. The van der Waals surface area contributed by atoms with E-state index in [4.69, 9.17) is 0 Å². The first-order chi connectivity index (χ1) is 11.4. The first-order valence-electron chi connectivity index (χ1n) is 8.33. The molecule has 7 heteroatoms. The van der Waals surface area contributed by atoms with Crippen molar-refractivity contribution in [2.24, 2.45) is 0 Å². The number of likely N-dealkylation sites (N-methyl/N-ethyl adjacent to an activating group) is 1. The molecule has 0 radical (unpaired) electrons. The molecule has 1 aliphatic heterocycles. The molecule has 1 fully saturated rings. The minimum atomic E-state index is -0.283. The van der Waals surface area contributed by atoms with E-state index in [1.807, 2.05) is 16.8 Å². The Bertz CT molecular complexity index is 684. The molecule has 0 saturated carbocycles. The number of hydrogen-bond acceptors (Lipinski definition) is 5. The van der Waals surface area contributed by atoms with Gasteiger partial charge in [0.15, 0.2) is 5.82 Å². The highest BCUT2D eigenvalue weighted by molar-refractivity contribution is 5.27. The Kier molecular flexibility index (Phi) is 4.64. The summed E-state index contributed by atoms with van der Waals surface area (Å²) in [5.74, 6) is 0.474. The Balaban J connectivity index is 2.06. The maximum atomic E-state index is 14.6. The molecule has 0 spiro atoms. The predicted octanol–water partition coefficient (Wildman–Crippen LogP) is 1.90. The molecule has 130 valence electrons. The van der Waals surface area contributed by atoms with Gasteiger partial charge in [-0.25, -0.2) is 9.07 Å². The second-order valence-corrected chi connectivity index (χ2v) is 7.38. The Labute approximate surface area is 142 Å². The monoisotopic (exact) mass is 332 g/mol. The maximum Gasteiger partial charge on any atom is 0.173 e. The summed E-state index contributed by atoms with van der Waals surface area (Å²) in [6.07, 6.45) is 0. The molecular formula is C17H25FN6. The summed E-state index contributed by atoms with van der Waals surface area (Å²) in [6, 6.07) is 6.64. The third-order valence-corrected chi connectivity index (χ3v) is 4.48.